The summed E-state index contributed by atoms with van der Waals surface area (Å²) in [7, 11) is 1.91. The molecule has 6 heteroatoms. The van der Waals surface area contributed by atoms with Crippen molar-refractivity contribution < 1.29 is 4.79 Å². The van der Waals surface area contributed by atoms with Gasteiger partial charge in [-0.25, -0.2) is 0 Å². The van der Waals surface area contributed by atoms with Gasteiger partial charge >= 0.3 is 0 Å². The topological polar surface area (TPSA) is 50.2 Å². The van der Waals surface area contributed by atoms with Crippen molar-refractivity contribution in [2.24, 2.45) is 13.0 Å². The minimum atomic E-state index is -0.0392. The van der Waals surface area contributed by atoms with Gasteiger partial charge in [-0.05, 0) is 28.3 Å². The van der Waals surface area contributed by atoms with Gasteiger partial charge in [-0.15, -0.1) is 0 Å². The quantitative estimate of drug-likeness (QED) is 0.911. The number of hydrogen-bond donors (Lipinski definition) is 1. The monoisotopic (exact) mass is 328 g/mol. The van der Waals surface area contributed by atoms with E-state index >= 15 is 0 Å². The number of aromatic nitrogens is 2. The van der Waals surface area contributed by atoms with E-state index in [9.17, 15) is 4.79 Å². The van der Waals surface area contributed by atoms with Crippen molar-refractivity contribution in [3.8, 4) is 0 Å². The molecule has 1 aliphatic heterocycles. The number of hydrogen-bond acceptors (Lipinski definition) is 3. The Morgan fingerprint density at radius 2 is 2.32 bits per heavy atom. The molecule has 0 aromatic carbocycles. The molecule has 0 aliphatic carbocycles. The van der Waals surface area contributed by atoms with Crippen molar-refractivity contribution in [3.05, 3.63) is 16.4 Å². The lowest BCUT2D eigenvalue weighted by atomic mass is 10.00. The summed E-state index contributed by atoms with van der Waals surface area (Å²) < 4.78 is 2.80. The highest BCUT2D eigenvalue weighted by Gasteiger charge is 2.30. The van der Waals surface area contributed by atoms with E-state index in [4.69, 9.17) is 0 Å². The smallest absolute Gasteiger partial charge is 0.237 e. The summed E-state index contributed by atoms with van der Waals surface area (Å²) in [6, 6.07) is -0.0392. The Balaban J connectivity index is 2.11. The van der Waals surface area contributed by atoms with E-state index in [2.05, 4.69) is 45.1 Å². The van der Waals surface area contributed by atoms with Crippen LogP contribution in [0.5, 0.6) is 0 Å². The summed E-state index contributed by atoms with van der Waals surface area (Å²) in [6.07, 6.45) is 2.83. The Bertz CT molecular complexity index is 457. The van der Waals surface area contributed by atoms with Gasteiger partial charge in [0.1, 0.15) is 0 Å². The first kappa shape index (κ1) is 14.5. The molecule has 5 nitrogen and oxygen atoms in total. The van der Waals surface area contributed by atoms with Crippen LogP contribution >= 0.6 is 15.9 Å². The van der Waals surface area contributed by atoms with Crippen LogP contribution < -0.4 is 5.32 Å². The minimum absolute atomic E-state index is 0.0392. The predicted octanol–water partition coefficient (Wildman–Crippen LogP) is 1.53. The molecule has 0 spiro atoms. The van der Waals surface area contributed by atoms with Crippen molar-refractivity contribution in [1.82, 2.24) is 20.0 Å². The van der Waals surface area contributed by atoms with Crippen LogP contribution in [0.1, 0.15) is 26.0 Å². The lowest BCUT2D eigenvalue weighted by molar-refractivity contribution is -0.130. The van der Waals surface area contributed by atoms with Crippen molar-refractivity contribution in [1.29, 1.82) is 0 Å². The third kappa shape index (κ3) is 3.57. The van der Waals surface area contributed by atoms with Gasteiger partial charge in [0.2, 0.25) is 5.91 Å². The maximum Gasteiger partial charge on any atom is 0.237 e. The summed E-state index contributed by atoms with van der Waals surface area (Å²) in [5, 5.41) is 7.39. The van der Waals surface area contributed by atoms with Crippen LogP contribution in [0.3, 0.4) is 0 Å². The maximum atomic E-state index is 12.0. The second kappa shape index (κ2) is 6.05. The van der Waals surface area contributed by atoms with Gasteiger partial charge < -0.3 is 5.32 Å². The summed E-state index contributed by atoms with van der Waals surface area (Å²) in [4.78, 5) is 14.3. The van der Waals surface area contributed by atoms with E-state index in [0.29, 0.717) is 12.5 Å². The molecule has 1 N–H and O–H groups in total. The molecular formula is C13H21BrN4O. The summed E-state index contributed by atoms with van der Waals surface area (Å²) in [5.41, 5.74) is 0.992. The van der Waals surface area contributed by atoms with Crippen LogP contribution in [-0.4, -0.2) is 39.7 Å². The van der Waals surface area contributed by atoms with Crippen LogP contribution in [0.25, 0.3) is 0 Å². The summed E-state index contributed by atoms with van der Waals surface area (Å²) in [5.74, 6) is 0.649. The Hall–Kier alpha value is -0.880. The molecule has 2 rings (SSSR count). The molecule has 19 heavy (non-hydrogen) atoms. The lowest BCUT2D eigenvalue weighted by Crippen LogP contribution is -2.55. The van der Waals surface area contributed by atoms with Crippen molar-refractivity contribution in [2.45, 2.75) is 32.9 Å². The van der Waals surface area contributed by atoms with E-state index in [-0.39, 0.29) is 11.9 Å². The van der Waals surface area contributed by atoms with E-state index in [1.165, 1.54) is 0 Å². The molecule has 0 radical (unpaired) electrons. The normalized spacial score (nSPS) is 20.9. The highest BCUT2D eigenvalue weighted by Crippen LogP contribution is 2.21. The standard InChI is InChI=1S/C13H21BrN4O/c1-9(2)6-12-13(19)15-4-5-18(12)8-11-10(14)7-17(3)16-11/h7,9,12H,4-6,8H2,1-3H3,(H,15,19). The molecule has 1 fully saturated rings. The first-order valence-corrected chi connectivity index (χ1v) is 7.46. The van der Waals surface area contributed by atoms with Crippen LogP contribution in [0.2, 0.25) is 0 Å². The number of nitrogens with zero attached hydrogens (tertiary/aromatic N) is 3. The fourth-order valence-corrected chi connectivity index (χ4v) is 2.96. The Morgan fingerprint density at radius 3 is 2.89 bits per heavy atom. The predicted molar refractivity (Wildman–Crippen MR) is 77.6 cm³/mol. The molecular weight excluding hydrogens is 308 g/mol. The van der Waals surface area contributed by atoms with Gasteiger partial charge in [0.25, 0.3) is 0 Å². The highest BCUT2D eigenvalue weighted by molar-refractivity contribution is 9.10. The molecule has 1 aromatic heterocycles. The van der Waals surface area contributed by atoms with E-state index in [1.807, 2.05) is 13.2 Å². The van der Waals surface area contributed by atoms with E-state index in [0.717, 1.165) is 29.7 Å². The van der Waals surface area contributed by atoms with Crippen LogP contribution in [0, 0.1) is 5.92 Å². The maximum absolute atomic E-state index is 12.0. The highest BCUT2D eigenvalue weighted by atomic mass is 79.9. The molecule has 1 saturated heterocycles. The van der Waals surface area contributed by atoms with Gasteiger partial charge in [0.05, 0.1) is 16.2 Å². The second-order valence-electron chi connectivity index (χ2n) is 5.50. The van der Waals surface area contributed by atoms with Gasteiger partial charge in [-0.2, -0.15) is 5.10 Å². The van der Waals surface area contributed by atoms with Crippen molar-refractivity contribution in [3.63, 3.8) is 0 Å². The van der Waals surface area contributed by atoms with E-state index in [1.54, 1.807) is 4.68 Å². The first-order valence-electron chi connectivity index (χ1n) is 6.67. The number of amides is 1. The van der Waals surface area contributed by atoms with E-state index < -0.39 is 0 Å². The van der Waals surface area contributed by atoms with Gasteiger partial charge in [-0.1, -0.05) is 13.8 Å². The minimum Gasteiger partial charge on any atom is -0.353 e. The zero-order chi connectivity index (χ0) is 14.0. The Kier molecular flexibility index (Phi) is 4.62. The third-order valence-electron chi connectivity index (χ3n) is 3.34. The number of carbonyl (C=O) groups excluding carboxylic acids is 1. The van der Waals surface area contributed by atoms with Crippen LogP contribution in [0.15, 0.2) is 10.7 Å². The molecule has 1 atom stereocenters. The molecule has 1 aliphatic rings. The third-order valence-corrected chi connectivity index (χ3v) is 4.01. The summed E-state index contributed by atoms with van der Waals surface area (Å²) >= 11 is 3.52. The number of piperazine rings is 1. The van der Waals surface area contributed by atoms with Gasteiger partial charge in [-0.3, -0.25) is 14.4 Å². The zero-order valence-corrected chi connectivity index (χ0v) is 13.3. The first-order chi connectivity index (χ1) is 8.97. The zero-order valence-electron chi connectivity index (χ0n) is 11.7. The Labute approximate surface area is 122 Å². The fraction of sp³-hybridized carbons (Fsp3) is 0.692. The van der Waals surface area contributed by atoms with Crippen LogP contribution in [-0.2, 0) is 18.4 Å². The van der Waals surface area contributed by atoms with Gasteiger partial charge in [0.15, 0.2) is 0 Å². The molecule has 1 unspecified atom stereocenters. The van der Waals surface area contributed by atoms with Crippen molar-refractivity contribution in [2.75, 3.05) is 13.1 Å². The molecule has 2 heterocycles. The average Bonchev–Trinajstić information content (AvgIpc) is 2.62. The second-order valence-corrected chi connectivity index (χ2v) is 6.36. The SMILES string of the molecule is CC(C)CC1C(=O)NCCN1Cc1nn(C)cc1Br. The van der Waals surface area contributed by atoms with Crippen LogP contribution in [0.4, 0.5) is 0 Å². The average molecular weight is 329 g/mol. The molecule has 106 valence electrons. The number of aryl methyl sites for hydroxylation is 1. The Morgan fingerprint density at radius 1 is 1.58 bits per heavy atom. The molecule has 1 aromatic rings. The molecule has 0 bridgehead atoms. The number of carbonyl (C=O) groups is 1. The molecule has 0 saturated carbocycles. The van der Waals surface area contributed by atoms with Crippen molar-refractivity contribution >= 4 is 21.8 Å². The summed E-state index contributed by atoms with van der Waals surface area (Å²) in [6.45, 7) is 6.61. The van der Waals surface area contributed by atoms with Gasteiger partial charge in [0, 0.05) is 32.9 Å². The number of nitrogens with one attached hydrogen (secondary N) is 1. The molecule has 1 amide bonds. The lowest BCUT2D eigenvalue weighted by Gasteiger charge is -2.35. The number of halogens is 1. The number of rotatable bonds is 4. The largest absolute Gasteiger partial charge is 0.353 e. The fourth-order valence-electron chi connectivity index (χ4n) is 2.46.